The molecule has 0 radical (unpaired) electrons. The second kappa shape index (κ2) is 5.73. The number of amides is 1. The average molecular weight is 276 g/mol. The number of carbonyl (C=O) groups is 1. The van der Waals surface area contributed by atoms with Crippen LogP contribution in [0.25, 0.3) is 0 Å². The fraction of sp³-hybridized carbons (Fsp3) is 0.562. The van der Waals surface area contributed by atoms with E-state index in [0.717, 1.165) is 18.5 Å². The van der Waals surface area contributed by atoms with Gasteiger partial charge in [0.15, 0.2) is 0 Å². The van der Waals surface area contributed by atoms with Crippen molar-refractivity contribution in [3.63, 3.8) is 0 Å². The molecule has 4 nitrogen and oxygen atoms in total. The van der Waals surface area contributed by atoms with Crippen LogP contribution in [0.15, 0.2) is 24.3 Å². The Balaban J connectivity index is 1.99. The van der Waals surface area contributed by atoms with E-state index >= 15 is 0 Å². The molecule has 0 saturated heterocycles. The summed E-state index contributed by atoms with van der Waals surface area (Å²) in [5.74, 6) is 1.01. The van der Waals surface area contributed by atoms with Crippen LogP contribution in [0.5, 0.6) is 0 Å². The molecule has 110 valence electrons. The van der Waals surface area contributed by atoms with Gasteiger partial charge in [-0.1, -0.05) is 12.1 Å². The fourth-order valence-corrected chi connectivity index (χ4v) is 2.99. The van der Waals surface area contributed by atoms with E-state index in [1.807, 2.05) is 26.0 Å². The highest BCUT2D eigenvalue weighted by atomic mass is 16.6. The zero-order valence-electron chi connectivity index (χ0n) is 12.3. The smallest absolute Gasteiger partial charge is 0.405 e. The summed E-state index contributed by atoms with van der Waals surface area (Å²) >= 11 is 0. The van der Waals surface area contributed by atoms with Crippen molar-refractivity contribution in [2.75, 3.05) is 5.73 Å². The van der Waals surface area contributed by atoms with Crippen LogP contribution in [0.2, 0.25) is 0 Å². The molecule has 1 aromatic carbocycles. The van der Waals surface area contributed by atoms with Gasteiger partial charge in [0.05, 0.1) is 0 Å². The normalized spacial score (nSPS) is 16.7. The predicted molar refractivity (Wildman–Crippen MR) is 80.1 cm³/mol. The number of nitrogens with two attached hydrogens (primary N) is 2. The molecule has 1 atom stereocenters. The predicted octanol–water partition coefficient (Wildman–Crippen LogP) is 3.10. The van der Waals surface area contributed by atoms with Crippen LogP contribution in [0.3, 0.4) is 0 Å². The molecule has 1 saturated carbocycles. The minimum atomic E-state index is -0.687. The van der Waals surface area contributed by atoms with Crippen LogP contribution in [0.4, 0.5) is 10.5 Å². The molecule has 1 unspecified atom stereocenters. The Hall–Kier alpha value is -1.71. The third kappa shape index (κ3) is 3.89. The van der Waals surface area contributed by atoms with E-state index in [2.05, 4.69) is 12.1 Å². The lowest BCUT2D eigenvalue weighted by Crippen LogP contribution is -2.40. The quantitative estimate of drug-likeness (QED) is 0.784. The lowest BCUT2D eigenvalue weighted by atomic mass is 9.82. The van der Waals surface area contributed by atoms with Gasteiger partial charge in [0.1, 0.15) is 5.60 Å². The SMILES string of the molecule is CC(C)(OC(N)=O)C(CCc1ccc(N)cc1)C1CC1. The highest BCUT2D eigenvalue weighted by molar-refractivity contribution is 5.65. The van der Waals surface area contributed by atoms with Crippen LogP contribution in [-0.4, -0.2) is 11.7 Å². The molecule has 0 heterocycles. The van der Waals surface area contributed by atoms with E-state index in [1.54, 1.807) is 0 Å². The number of aryl methyl sites for hydroxylation is 1. The highest BCUT2D eigenvalue weighted by Crippen LogP contribution is 2.45. The van der Waals surface area contributed by atoms with Crippen molar-refractivity contribution in [2.24, 2.45) is 17.6 Å². The molecule has 2 rings (SSSR count). The van der Waals surface area contributed by atoms with Gasteiger partial charge >= 0.3 is 6.09 Å². The molecule has 1 aliphatic carbocycles. The Morgan fingerprint density at radius 3 is 2.45 bits per heavy atom. The topological polar surface area (TPSA) is 78.3 Å². The number of ether oxygens (including phenoxy) is 1. The molecular formula is C16H24N2O2. The monoisotopic (exact) mass is 276 g/mol. The summed E-state index contributed by atoms with van der Waals surface area (Å²) in [5.41, 5.74) is 12.4. The lowest BCUT2D eigenvalue weighted by Gasteiger charge is -2.33. The second-order valence-corrected chi connectivity index (χ2v) is 6.25. The molecule has 1 amide bonds. The van der Waals surface area contributed by atoms with Crippen LogP contribution < -0.4 is 11.5 Å². The van der Waals surface area contributed by atoms with Crippen LogP contribution in [0.1, 0.15) is 38.7 Å². The van der Waals surface area contributed by atoms with Crippen molar-refractivity contribution in [2.45, 2.75) is 45.1 Å². The molecular weight excluding hydrogens is 252 g/mol. The summed E-state index contributed by atoms with van der Waals surface area (Å²) in [6, 6.07) is 7.96. The zero-order valence-corrected chi connectivity index (χ0v) is 12.3. The van der Waals surface area contributed by atoms with Crippen molar-refractivity contribution < 1.29 is 9.53 Å². The Morgan fingerprint density at radius 2 is 1.95 bits per heavy atom. The Morgan fingerprint density at radius 1 is 1.35 bits per heavy atom. The number of carbonyl (C=O) groups excluding carboxylic acids is 1. The third-order valence-corrected chi connectivity index (χ3v) is 4.17. The first kappa shape index (κ1) is 14.7. The molecule has 4 heteroatoms. The Bertz CT molecular complexity index is 464. The zero-order chi connectivity index (χ0) is 14.8. The maximum absolute atomic E-state index is 11.1. The fourth-order valence-electron chi connectivity index (χ4n) is 2.99. The van der Waals surface area contributed by atoms with Crippen LogP contribution in [-0.2, 0) is 11.2 Å². The molecule has 1 aromatic rings. The van der Waals surface area contributed by atoms with E-state index < -0.39 is 11.7 Å². The summed E-state index contributed by atoms with van der Waals surface area (Å²) in [5, 5.41) is 0. The number of anilines is 1. The minimum absolute atomic E-state index is 0.354. The first-order chi connectivity index (χ1) is 9.38. The largest absolute Gasteiger partial charge is 0.443 e. The number of rotatable bonds is 6. The van der Waals surface area contributed by atoms with Crippen molar-refractivity contribution in [1.82, 2.24) is 0 Å². The molecule has 0 spiro atoms. The Labute approximate surface area is 120 Å². The minimum Gasteiger partial charge on any atom is -0.443 e. The van der Waals surface area contributed by atoms with Gasteiger partial charge in [0, 0.05) is 11.6 Å². The number of primary amides is 1. The van der Waals surface area contributed by atoms with E-state index in [4.69, 9.17) is 16.2 Å². The number of hydrogen-bond donors (Lipinski definition) is 2. The number of hydrogen-bond acceptors (Lipinski definition) is 3. The van der Waals surface area contributed by atoms with Crippen LogP contribution in [0, 0.1) is 11.8 Å². The van der Waals surface area contributed by atoms with Crippen molar-refractivity contribution in [3.8, 4) is 0 Å². The summed E-state index contributed by atoms with van der Waals surface area (Å²) in [6.45, 7) is 3.92. The standard InChI is InChI=1S/C16H24N2O2/c1-16(2,20-15(18)19)14(12-6-7-12)10-5-11-3-8-13(17)9-4-11/h3-4,8-9,12,14H,5-7,10,17H2,1-2H3,(H2,18,19). The summed E-state index contributed by atoms with van der Waals surface area (Å²) in [6.07, 6.45) is 3.71. The van der Waals surface area contributed by atoms with Gasteiger partial charge in [-0.15, -0.1) is 0 Å². The molecule has 1 fully saturated rings. The van der Waals surface area contributed by atoms with Crippen molar-refractivity contribution in [3.05, 3.63) is 29.8 Å². The van der Waals surface area contributed by atoms with Gasteiger partial charge in [0.2, 0.25) is 0 Å². The third-order valence-electron chi connectivity index (χ3n) is 4.17. The van der Waals surface area contributed by atoms with Gasteiger partial charge in [-0.05, 0) is 63.1 Å². The lowest BCUT2D eigenvalue weighted by molar-refractivity contribution is -0.0123. The first-order valence-corrected chi connectivity index (χ1v) is 7.21. The van der Waals surface area contributed by atoms with Gasteiger partial charge < -0.3 is 16.2 Å². The highest BCUT2D eigenvalue weighted by Gasteiger charge is 2.42. The molecule has 0 bridgehead atoms. The average Bonchev–Trinajstić information content (AvgIpc) is 3.14. The maximum Gasteiger partial charge on any atom is 0.405 e. The number of nitrogen functional groups attached to an aromatic ring is 1. The molecule has 4 N–H and O–H groups in total. The Kier molecular flexibility index (Phi) is 4.21. The van der Waals surface area contributed by atoms with E-state index in [1.165, 1.54) is 18.4 Å². The molecule has 20 heavy (non-hydrogen) atoms. The van der Waals surface area contributed by atoms with Gasteiger partial charge in [-0.3, -0.25) is 0 Å². The van der Waals surface area contributed by atoms with Crippen LogP contribution >= 0.6 is 0 Å². The summed E-state index contributed by atoms with van der Waals surface area (Å²) in [7, 11) is 0. The van der Waals surface area contributed by atoms with Gasteiger partial charge in [-0.25, -0.2) is 4.79 Å². The summed E-state index contributed by atoms with van der Waals surface area (Å²) < 4.78 is 5.33. The van der Waals surface area contributed by atoms with Gasteiger partial charge in [0.25, 0.3) is 0 Å². The van der Waals surface area contributed by atoms with E-state index in [0.29, 0.717) is 11.8 Å². The van der Waals surface area contributed by atoms with E-state index in [-0.39, 0.29) is 0 Å². The van der Waals surface area contributed by atoms with E-state index in [9.17, 15) is 4.79 Å². The van der Waals surface area contributed by atoms with Crippen molar-refractivity contribution >= 4 is 11.8 Å². The van der Waals surface area contributed by atoms with Crippen molar-refractivity contribution in [1.29, 1.82) is 0 Å². The maximum atomic E-state index is 11.1. The van der Waals surface area contributed by atoms with Gasteiger partial charge in [-0.2, -0.15) is 0 Å². The second-order valence-electron chi connectivity index (χ2n) is 6.25. The number of benzene rings is 1. The molecule has 0 aromatic heterocycles. The molecule has 0 aliphatic heterocycles. The summed E-state index contributed by atoms with van der Waals surface area (Å²) in [4.78, 5) is 11.1. The molecule has 1 aliphatic rings. The first-order valence-electron chi connectivity index (χ1n) is 7.21.